The van der Waals surface area contributed by atoms with Crippen LogP contribution in [0.15, 0.2) is 53.0 Å². The molecule has 0 saturated carbocycles. The van der Waals surface area contributed by atoms with E-state index in [4.69, 9.17) is 4.74 Å². The van der Waals surface area contributed by atoms with Crippen molar-refractivity contribution in [1.82, 2.24) is 5.32 Å². The molecule has 0 radical (unpaired) electrons. The topological polar surface area (TPSA) is 75.6 Å². The molecule has 0 aromatic heterocycles. The fourth-order valence-electron chi connectivity index (χ4n) is 2.12. The molecule has 0 fully saturated rings. The normalized spacial score (nSPS) is 11.6. The lowest BCUT2D eigenvalue weighted by Crippen LogP contribution is -2.43. The number of hydrogen-bond donors (Lipinski definition) is 2. The summed E-state index contributed by atoms with van der Waals surface area (Å²) >= 11 is 3.37. The van der Waals surface area contributed by atoms with E-state index in [2.05, 4.69) is 21.2 Å². The first kappa shape index (κ1) is 17.0. The van der Waals surface area contributed by atoms with Gasteiger partial charge in [-0.25, -0.2) is 4.79 Å². The van der Waals surface area contributed by atoms with Crippen LogP contribution in [-0.2, 0) is 16.0 Å². The van der Waals surface area contributed by atoms with Gasteiger partial charge in [-0.1, -0.05) is 34.1 Å². The number of hydrogen-bond acceptors (Lipinski definition) is 4. The number of aromatic hydroxyl groups is 1. The highest BCUT2D eigenvalue weighted by Gasteiger charge is 2.22. The molecule has 0 spiro atoms. The first-order chi connectivity index (χ1) is 11.0. The molecule has 2 aromatic carbocycles. The number of ether oxygens (including phenoxy) is 1. The van der Waals surface area contributed by atoms with Gasteiger partial charge in [0.2, 0.25) is 0 Å². The quantitative estimate of drug-likeness (QED) is 0.785. The molecule has 120 valence electrons. The molecule has 2 N–H and O–H groups in total. The summed E-state index contributed by atoms with van der Waals surface area (Å²) in [7, 11) is 1.27. The average Bonchev–Trinajstić information content (AvgIpc) is 2.53. The summed E-state index contributed by atoms with van der Waals surface area (Å²) in [4.78, 5) is 24.2. The Morgan fingerprint density at radius 3 is 2.61 bits per heavy atom. The lowest BCUT2D eigenvalue weighted by atomic mass is 10.1. The van der Waals surface area contributed by atoms with Gasteiger partial charge in [0.25, 0.3) is 5.91 Å². The number of methoxy groups -OCH3 is 1. The molecule has 2 rings (SSSR count). The minimum atomic E-state index is -0.816. The number of nitrogens with one attached hydrogen (secondary N) is 1. The number of esters is 1. The van der Waals surface area contributed by atoms with Crippen molar-refractivity contribution in [2.24, 2.45) is 0 Å². The Balaban J connectivity index is 2.15. The van der Waals surface area contributed by atoms with Crippen LogP contribution in [0, 0.1) is 0 Å². The van der Waals surface area contributed by atoms with Gasteiger partial charge in [-0.3, -0.25) is 4.79 Å². The first-order valence-corrected chi connectivity index (χ1v) is 7.71. The Labute approximate surface area is 142 Å². The van der Waals surface area contributed by atoms with E-state index in [1.165, 1.54) is 19.2 Å². The van der Waals surface area contributed by atoms with Crippen LogP contribution in [0.5, 0.6) is 5.75 Å². The number of halogens is 1. The fraction of sp³-hybridized carbons (Fsp3) is 0.176. The predicted octanol–water partition coefficient (Wildman–Crippen LogP) is 2.67. The van der Waals surface area contributed by atoms with Crippen LogP contribution in [0.3, 0.4) is 0 Å². The minimum Gasteiger partial charge on any atom is -0.508 e. The number of amides is 1. The molecular formula is C17H16BrNO4. The highest BCUT2D eigenvalue weighted by molar-refractivity contribution is 9.10. The second kappa shape index (κ2) is 7.78. The van der Waals surface area contributed by atoms with E-state index in [0.717, 1.165) is 10.0 Å². The molecule has 0 heterocycles. The zero-order valence-electron chi connectivity index (χ0n) is 12.5. The van der Waals surface area contributed by atoms with Gasteiger partial charge in [0.1, 0.15) is 11.8 Å². The summed E-state index contributed by atoms with van der Waals surface area (Å²) in [5.41, 5.74) is 1.15. The number of benzene rings is 2. The van der Waals surface area contributed by atoms with E-state index in [1.807, 2.05) is 24.3 Å². The molecule has 1 amide bonds. The van der Waals surface area contributed by atoms with Crippen LogP contribution in [0.1, 0.15) is 15.9 Å². The minimum absolute atomic E-state index is 0.0146. The van der Waals surface area contributed by atoms with Crippen molar-refractivity contribution in [2.75, 3.05) is 7.11 Å². The van der Waals surface area contributed by atoms with E-state index >= 15 is 0 Å². The van der Waals surface area contributed by atoms with E-state index < -0.39 is 17.9 Å². The lowest BCUT2D eigenvalue weighted by Gasteiger charge is -2.17. The van der Waals surface area contributed by atoms with Crippen LogP contribution >= 0.6 is 15.9 Å². The smallest absolute Gasteiger partial charge is 0.328 e. The standard InChI is InChI=1S/C17H16BrNO4/c1-23-17(22)15(9-11-4-2-6-13(18)8-11)19-16(21)12-5-3-7-14(20)10-12/h2-8,10,15,20H,9H2,1H3,(H,19,21)/t15-/m1/s1. The SMILES string of the molecule is COC(=O)[C@@H](Cc1cccc(Br)c1)NC(=O)c1cccc(O)c1. The molecule has 0 unspecified atom stereocenters. The van der Waals surface area contributed by atoms with Crippen LogP contribution < -0.4 is 5.32 Å². The Hall–Kier alpha value is -2.34. The van der Waals surface area contributed by atoms with Crippen molar-refractivity contribution in [1.29, 1.82) is 0 Å². The third kappa shape index (κ3) is 4.82. The monoisotopic (exact) mass is 377 g/mol. The predicted molar refractivity (Wildman–Crippen MR) is 89.2 cm³/mol. The Morgan fingerprint density at radius 2 is 1.96 bits per heavy atom. The second-order valence-electron chi connectivity index (χ2n) is 4.93. The summed E-state index contributed by atoms with van der Waals surface area (Å²) in [6.45, 7) is 0. The van der Waals surface area contributed by atoms with Crippen LogP contribution in [-0.4, -0.2) is 30.1 Å². The van der Waals surface area contributed by atoms with Gasteiger partial charge in [-0.2, -0.15) is 0 Å². The lowest BCUT2D eigenvalue weighted by molar-refractivity contribution is -0.142. The van der Waals surface area contributed by atoms with Crippen LogP contribution in [0.2, 0.25) is 0 Å². The van der Waals surface area contributed by atoms with E-state index in [1.54, 1.807) is 12.1 Å². The fourth-order valence-corrected chi connectivity index (χ4v) is 2.57. The van der Waals surface area contributed by atoms with Gasteiger partial charge in [0, 0.05) is 16.5 Å². The van der Waals surface area contributed by atoms with Gasteiger partial charge in [-0.05, 0) is 35.9 Å². The summed E-state index contributed by atoms with van der Waals surface area (Å²) in [6, 6.07) is 12.6. The third-order valence-electron chi connectivity index (χ3n) is 3.23. The molecule has 6 heteroatoms. The Bertz CT molecular complexity index is 717. The molecule has 0 bridgehead atoms. The maximum atomic E-state index is 12.2. The van der Waals surface area contributed by atoms with Crippen molar-refractivity contribution in [2.45, 2.75) is 12.5 Å². The van der Waals surface area contributed by atoms with Gasteiger partial charge in [0.15, 0.2) is 0 Å². The highest BCUT2D eigenvalue weighted by Crippen LogP contribution is 2.15. The summed E-state index contributed by atoms with van der Waals surface area (Å²) in [6.07, 6.45) is 0.302. The average molecular weight is 378 g/mol. The van der Waals surface area contributed by atoms with Crippen molar-refractivity contribution in [3.63, 3.8) is 0 Å². The molecular weight excluding hydrogens is 362 g/mol. The summed E-state index contributed by atoms with van der Waals surface area (Å²) in [5, 5.41) is 12.1. The largest absolute Gasteiger partial charge is 0.508 e. The maximum absolute atomic E-state index is 12.2. The molecule has 1 atom stereocenters. The second-order valence-corrected chi connectivity index (χ2v) is 5.85. The Morgan fingerprint density at radius 1 is 1.22 bits per heavy atom. The zero-order chi connectivity index (χ0) is 16.8. The van der Waals surface area contributed by atoms with Crippen LogP contribution in [0.25, 0.3) is 0 Å². The Kier molecular flexibility index (Phi) is 5.76. The molecule has 2 aromatic rings. The van der Waals surface area contributed by atoms with Crippen molar-refractivity contribution >= 4 is 27.8 Å². The van der Waals surface area contributed by atoms with Crippen molar-refractivity contribution < 1.29 is 19.4 Å². The maximum Gasteiger partial charge on any atom is 0.328 e. The van der Waals surface area contributed by atoms with E-state index in [-0.39, 0.29) is 11.3 Å². The molecule has 0 aliphatic rings. The van der Waals surface area contributed by atoms with Gasteiger partial charge < -0.3 is 15.2 Å². The molecule has 5 nitrogen and oxygen atoms in total. The number of rotatable bonds is 5. The van der Waals surface area contributed by atoms with Crippen LogP contribution in [0.4, 0.5) is 0 Å². The van der Waals surface area contributed by atoms with Gasteiger partial charge >= 0.3 is 5.97 Å². The summed E-state index contributed by atoms with van der Waals surface area (Å²) in [5.74, 6) is -0.996. The molecule has 0 aliphatic heterocycles. The zero-order valence-corrected chi connectivity index (χ0v) is 14.0. The summed E-state index contributed by atoms with van der Waals surface area (Å²) < 4.78 is 5.65. The molecule has 0 saturated heterocycles. The highest BCUT2D eigenvalue weighted by atomic mass is 79.9. The molecule has 23 heavy (non-hydrogen) atoms. The van der Waals surface area contributed by atoms with Crippen molar-refractivity contribution in [3.8, 4) is 5.75 Å². The van der Waals surface area contributed by atoms with E-state index in [0.29, 0.717) is 6.42 Å². The molecule has 0 aliphatic carbocycles. The first-order valence-electron chi connectivity index (χ1n) is 6.92. The third-order valence-corrected chi connectivity index (χ3v) is 3.72. The number of carbonyl (C=O) groups excluding carboxylic acids is 2. The van der Waals surface area contributed by atoms with E-state index in [9.17, 15) is 14.7 Å². The van der Waals surface area contributed by atoms with Gasteiger partial charge in [-0.15, -0.1) is 0 Å². The number of carbonyl (C=O) groups is 2. The number of phenols is 1. The number of phenolic OH excluding ortho intramolecular Hbond substituents is 1. The van der Waals surface area contributed by atoms with Crippen molar-refractivity contribution in [3.05, 3.63) is 64.1 Å². The van der Waals surface area contributed by atoms with Gasteiger partial charge in [0.05, 0.1) is 7.11 Å².